The lowest BCUT2D eigenvalue weighted by Gasteiger charge is -2.04. The van der Waals surface area contributed by atoms with E-state index in [9.17, 15) is 9.59 Å². The van der Waals surface area contributed by atoms with Crippen LogP contribution in [0.3, 0.4) is 0 Å². The summed E-state index contributed by atoms with van der Waals surface area (Å²) >= 11 is 0. The van der Waals surface area contributed by atoms with Crippen LogP contribution in [0.2, 0.25) is 0 Å². The van der Waals surface area contributed by atoms with Crippen LogP contribution in [0.4, 0.5) is 0 Å². The Morgan fingerprint density at radius 1 is 1.00 bits per heavy atom. The summed E-state index contributed by atoms with van der Waals surface area (Å²) < 4.78 is 0. The van der Waals surface area contributed by atoms with Crippen molar-refractivity contribution in [1.82, 2.24) is 10.6 Å². The zero-order valence-corrected chi connectivity index (χ0v) is 11.0. The average Bonchev–Trinajstić information content (AvgIpc) is 2.33. The molecule has 0 aromatic rings. The molecule has 0 aliphatic heterocycles. The van der Waals surface area contributed by atoms with Crippen LogP contribution < -0.4 is 10.6 Å². The fourth-order valence-corrected chi connectivity index (χ4v) is 1.62. The number of hydrogen-bond donors (Lipinski definition) is 2. The van der Waals surface area contributed by atoms with E-state index in [2.05, 4.69) is 17.6 Å². The Kier molecular flexibility index (Phi) is 12.2. The van der Waals surface area contributed by atoms with Gasteiger partial charge in [-0.3, -0.25) is 9.59 Å². The zero-order chi connectivity index (χ0) is 12.8. The number of carbonyl (C=O) groups excluding carboxylic acids is 2. The molecule has 0 rings (SSSR count). The van der Waals surface area contributed by atoms with E-state index in [1.165, 1.54) is 19.3 Å². The van der Waals surface area contributed by atoms with Gasteiger partial charge in [-0.15, -0.1) is 0 Å². The third-order valence-corrected chi connectivity index (χ3v) is 2.66. The molecule has 4 nitrogen and oxygen atoms in total. The van der Waals surface area contributed by atoms with Gasteiger partial charge in [0.15, 0.2) is 0 Å². The molecule has 100 valence electrons. The van der Waals surface area contributed by atoms with Crippen LogP contribution in [-0.4, -0.2) is 25.4 Å². The second-order valence-electron chi connectivity index (χ2n) is 4.29. The minimum atomic E-state index is 0.157. The van der Waals surface area contributed by atoms with Gasteiger partial charge in [-0.05, 0) is 19.3 Å². The lowest BCUT2D eigenvalue weighted by molar-refractivity contribution is -0.121. The normalized spacial score (nSPS) is 9.94. The lowest BCUT2D eigenvalue weighted by atomic mass is 10.2. The monoisotopic (exact) mass is 242 g/mol. The van der Waals surface area contributed by atoms with Crippen molar-refractivity contribution in [3.8, 4) is 0 Å². The number of amides is 2. The van der Waals surface area contributed by atoms with E-state index >= 15 is 0 Å². The highest BCUT2D eigenvalue weighted by Gasteiger charge is 1.99. The quantitative estimate of drug-likeness (QED) is 0.406. The van der Waals surface area contributed by atoms with Crippen LogP contribution >= 0.6 is 0 Å². The molecule has 0 spiro atoms. The molecule has 0 radical (unpaired) electrons. The molecule has 17 heavy (non-hydrogen) atoms. The summed E-state index contributed by atoms with van der Waals surface area (Å²) in [6, 6.07) is 0. The van der Waals surface area contributed by atoms with Gasteiger partial charge in [0.25, 0.3) is 0 Å². The molecule has 2 amide bonds. The van der Waals surface area contributed by atoms with Crippen molar-refractivity contribution in [3.63, 3.8) is 0 Å². The summed E-state index contributed by atoms with van der Waals surface area (Å²) in [4.78, 5) is 21.3. The van der Waals surface area contributed by atoms with E-state index in [-0.39, 0.29) is 5.91 Å². The van der Waals surface area contributed by atoms with Crippen molar-refractivity contribution in [2.75, 3.05) is 13.1 Å². The molecule has 0 aliphatic carbocycles. The molecule has 0 bridgehead atoms. The van der Waals surface area contributed by atoms with E-state index in [0.29, 0.717) is 19.4 Å². The number of nitrogens with one attached hydrogen (secondary N) is 2. The first-order valence-corrected chi connectivity index (χ1v) is 6.75. The number of carbonyl (C=O) groups is 2. The third-order valence-electron chi connectivity index (χ3n) is 2.66. The van der Waals surface area contributed by atoms with Crippen molar-refractivity contribution < 1.29 is 9.59 Å². The highest BCUT2D eigenvalue weighted by molar-refractivity contribution is 5.75. The van der Waals surface area contributed by atoms with E-state index in [1.54, 1.807) is 0 Å². The van der Waals surface area contributed by atoms with Crippen LogP contribution in [0, 0.1) is 0 Å². The van der Waals surface area contributed by atoms with Crippen LogP contribution in [0.5, 0.6) is 0 Å². The molecule has 0 aliphatic rings. The first-order valence-electron chi connectivity index (χ1n) is 6.75. The summed E-state index contributed by atoms with van der Waals surface area (Å²) in [6.07, 6.45) is 8.92. The van der Waals surface area contributed by atoms with Gasteiger partial charge in [-0.2, -0.15) is 0 Å². The fourth-order valence-electron chi connectivity index (χ4n) is 1.62. The maximum atomic E-state index is 11.4. The van der Waals surface area contributed by atoms with Gasteiger partial charge in [-0.25, -0.2) is 0 Å². The summed E-state index contributed by atoms with van der Waals surface area (Å²) in [5.41, 5.74) is 0. The summed E-state index contributed by atoms with van der Waals surface area (Å²) in [5, 5.41) is 5.54. The molecular formula is C13H26N2O2. The number of rotatable bonds is 12. The molecule has 0 aromatic heterocycles. The molecule has 0 heterocycles. The van der Waals surface area contributed by atoms with Gasteiger partial charge < -0.3 is 10.6 Å². The first kappa shape index (κ1) is 15.9. The Morgan fingerprint density at radius 2 is 1.71 bits per heavy atom. The van der Waals surface area contributed by atoms with Gasteiger partial charge in [0.2, 0.25) is 12.3 Å². The topological polar surface area (TPSA) is 58.2 Å². The average molecular weight is 242 g/mol. The van der Waals surface area contributed by atoms with Gasteiger partial charge >= 0.3 is 0 Å². The second-order valence-corrected chi connectivity index (χ2v) is 4.29. The Labute approximate surface area is 105 Å². The second kappa shape index (κ2) is 13.0. The minimum Gasteiger partial charge on any atom is -0.359 e. The Balaban J connectivity index is 3.14. The lowest BCUT2D eigenvalue weighted by Crippen LogP contribution is -2.24. The summed E-state index contributed by atoms with van der Waals surface area (Å²) in [5.74, 6) is 0.157. The third kappa shape index (κ3) is 12.9. The molecule has 0 saturated heterocycles. The highest BCUT2D eigenvalue weighted by Crippen LogP contribution is 2.00. The smallest absolute Gasteiger partial charge is 0.219 e. The minimum absolute atomic E-state index is 0.157. The Bertz CT molecular complexity index is 196. The van der Waals surface area contributed by atoms with Gasteiger partial charge in [0.1, 0.15) is 0 Å². The zero-order valence-electron chi connectivity index (χ0n) is 11.0. The maximum absolute atomic E-state index is 11.4. The fraction of sp³-hybridized carbons (Fsp3) is 0.846. The predicted octanol–water partition coefficient (Wildman–Crippen LogP) is 1.99. The predicted molar refractivity (Wildman–Crippen MR) is 69.7 cm³/mol. The van der Waals surface area contributed by atoms with Gasteiger partial charge in [-0.1, -0.05) is 32.6 Å². The van der Waals surface area contributed by atoms with E-state index in [1.807, 2.05) is 0 Å². The van der Waals surface area contributed by atoms with Crippen LogP contribution in [-0.2, 0) is 9.59 Å². The largest absolute Gasteiger partial charge is 0.359 e. The van der Waals surface area contributed by atoms with E-state index < -0.39 is 0 Å². The van der Waals surface area contributed by atoms with E-state index in [0.717, 1.165) is 32.2 Å². The van der Waals surface area contributed by atoms with Crippen molar-refractivity contribution >= 4 is 12.3 Å². The van der Waals surface area contributed by atoms with Gasteiger partial charge in [0.05, 0.1) is 0 Å². The molecule has 0 unspecified atom stereocenters. The number of unbranched alkanes of at least 4 members (excludes halogenated alkanes) is 5. The summed E-state index contributed by atoms with van der Waals surface area (Å²) in [7, 11) is 0. The highest BCUT2D eigenvalue weighted by atomic mass is 16.1. The first-order chi connectivity index (χ1) is 8.31. The van der Waals surface area contributed by atoms with Crippen molar-refractivity contribution in [1.29, 1.82) is 0 Å². The van der Waals surface area contributed by atoms with Crippen molar-refractivity contribution in [3.05, 3.63) is 0 Å². The maximum Gasteiger partial charge on any atom is 0.219 e. The van der Waals surface area contributed by atoms with Crippen LogP contribution in [0.15, 0.2) is 0 Å². The number of hydrogen-bond acceptors (Lipinski definition) is 2. The van der Waals surface area contributed by atoms with Crippen LogP contribution in [0.25, 0.3) is 0 Å². The van der Waals surface area contributed by atoms with Crippen molar-refractivity contribution in [2.45, 2.75) is 58.3 Å². The van der Waals surface area contributed by atoms with Gasteiger partial charge in [0, 0.05) is 19.5 Å². The molecule has 0 atom stereocenters. The Morgan fingerprint density at radius 3 is 2.41 bits per heavy atom. The van der Waals surface area contributed by atoms with Crippen molar-refractivity contribution in [2.24, 2.45) is 0 Å². The van der Waals surface area contributed by atoms with Crippen LogP contribution in [0.1, 0.15) is 58.3 Å². The van der Waals surface area contributed by atoms with E-state index in [4.69, 9.17) is 0 Å². The molecular weight excluding hydrogens is 216 g/mol. The molecule has 0 saturated carbocycles. The SMILES string of the molecule is CCCCCCNC(=O)CCCCCNC=O. The standard InChI is InChI=1S/C13H26N2O2/c1-2-3-4-8-11-15-13(17)9-6-5-7-10-14-12-16/h12H,2-11H2,1H3,(H,14,16)(H,15,17). The molecule has 4 heteroatoms. The molecule has 0 fully saturated rings. The Hall–Kier alpha value is -1.06. The summed E-state index contributed by atoms with van der Waals surface area (Å²) in [6.45, 7) is 3.70. The molecule has 2 N–H and O–H groups in total. The molecule has 0 aromatic carbocycles.